The van der Waals surface area contributed by atoms with Gasteiger partial charge in [0.25, 0.3) is 5.56 Å². The van der Waals surface area contributed by atoms with E-state index in [0.29, 0.717) is 23.8 Å². The summed E-state index contributed by atoms with van der Waals surface area (Å²) in [4.78, 5) is 27.4. The number of carboxylic acids is 1. The van der Waals surface area contributed by atoms with Gasteiger partial charge in [0.1, 0.15) is 0 Å². The predicted molar refractivity (Wildman–Crippen MR) is 81.7 cm³/mol. The van der Waals surface area contributed by atoms with Crippen LogP contribution in [0.4, 0.5) is 0 Å². The number of nitrogens with one attached hydrogen (secondary N) is 1. The largest absolute Gasteiger partial charge is 0.481 e. The molecule has 0 aliphatic heterocycles. The number of carboxylic acid groups (broad SMARTS) is 1. The minimum Gasteiger partial charge on any atom is -0.481 e. The van der Waals surface area contributed by atoms with E-state index in [4.69, 9.17) is 5.11 Å². The van der Waals surface area contributed by atoms with Crippen molar-refractivity contribution in [3.8, 4) is 0 Å². The molecule has 6 nitrogen and oxygen atoms in total. The molecule has 1 unspecified atom stereocenters. The Labute approximate surface area is 126 Å². The SMILES string of the molecule is CC(CCNCc1cc(=O)n2ccsc2n1)CCC(=O)O. The Balaban J connectivity index is 1.77. The van der Waals surface area contributed by atoms with Crippen molar-refractivity contribution in [2.75, 3.05) is 6.54 Å². The molecule has 0 spiro atoms. The van der Waals surface area contributed by atoms with E-state index in [2.05, 4.69) is 10.3 Å². The molecule has 7 heteroatoms. The zero-order chi connectivity index (χ0) is 15.2. The summed E-state index contributed by atoms with van der Waals surface area (Å²) >= 11 is 1.44. The molecule has 0 fully saturated rings. The highest BCUT2D eigenvalue weighted by atomic mass is 32.1. The molecule has 114 valence electrons. The van der Waals surface area contributed by atoms with Crippen LogP contribution in [0.3, 0.4) is 0 Å². The first kappa shape index (κ1) is 15.7. The first-order valence-corrected chi connectivity index (χ1v) is 7.82. The van der Waals surface area contributed by atoms with Gasteiger partial charge in [-0.3, -0.25) is 14.0 Å². The molecule has 0 amide bonds. The minimum absolute atomic E-state index is 0.0622. The number of hydrogen-bond donors (Lipinski definition) is 2. The number of hydrogen-bond acceptors (Lipinski definition) is 5. The number of fused-ring (bicyclic) bond motifs is 1. The Morgan fingerprint density at radius 3 is 3.10 bits per heavy atom. The fraction of sp³-hybridized carbons (Fsp3) is 0.500. The van der Waals surface area contributed by atoms with E-state index in [1.54, 1.807) is 12.3 Å². The van der Waals surface area contributed by atoms with Crippen molar-refractivity contribution < 1.29 is 9.90 Å². The van der Waals surface area contributed by atoms with Crippen LogP contribution < -0.4 is 10.9 Å². The molecule has 0 saturated carbocycles. The van der Waals surface area contributed by atoms with Gasteiger partial charge in [0.05, 0.1) is 5.69 Å². The highest BCUT2D eigenvalue weighted by Crippen LogP contribution is 2.09. The fourth-order valence-electron chi connectivity index (χ4n) is 2.06. The van der Waals surface area contributed by atoms with Crippen molar-refractivity contribution in [3.05, 3.63) is 33.7 Å². The van der Waals surface area contributed by atoms with Crippen LogP contribution in [0.5, 0.6) is 0 Å². The van der Waals surface area contributed by atoms with Gasteiger partial charge in [-0.15, -0.1) is 11.3 Å². The average molecular weight is 309 g/mol. The molecule has 0 aliphatic carbocycles. The summed E-state index contributed by atoms with van der Waals surface area (Å²) < 4.78 is 1.53. The van der Waals surface area contributed by atoms with Gasteiger partial charge in [-0.25, -0.2) is 4.98 Å². The second kappa shape index (κ2) is 7.33. The first-order chi connectivity index (χ1) is 10.1. The van der Waals surface area contributed by atoms with Gasteiger partial charge >= 0.3 is 5.97 Å². The smallest absolute Gasteiger partial charge is 0.303 e. The van der Waals surface area contributed by atoms with E-state index < -0.39 is 5.97 Å². The third kappa shape index (κ3) is 4.64. The molecule has 0 bridgehead atoms. The van der Waals surface area contributed by atoms with E-state index in [9.17, 15) is 9.59 Å². The summed E-state index contributed by atoms with van der Waals surface area (Å²) in [7, 11) is 0. The second-order valence-corrected chi connectivity index (χ2v) is 6.02. The van der Waals surface area contributed by atoms with Crippen LogP contribution in [0.25, 0.3) is 4.96 Å². The molecule has 0 saturated heterocycles. The third-order valence-corrected chi connectivity index (χ3v) is 4.08. The topological polar surface area (TPSA) is 83.7 Å². The van der Waals surface area contributed by atoms with Gasteiger partial charge in [-0.05, 0) is 25.3 Å². The van der Waals surface area contributed by atoms with Crippen LogP contribution >= 0.6 is 11.3 Å². The maximum Gasteiger partial charge on any atom is 0.303 e. The van der Waals surface area contributed by atoms with Crippen molar-refractivity contribution in [2.45, 2.75) is 32.7 Å². The van der Waals surface area contributed by atoms with Crippen LogP contribution in [0.1, 0.15) is 31.9 Å². The number of nitrogens with zero attached hydrogens (tertiary/aromatic N) is 2. The average Bonchev–Trinajstić information content (AvgIpc) is 2.90. The first-order valence-electron chi connectivity index (χ1n) is 6.94. The molecular weight excluding hydrogens is 290 g/mol. The molecule has 1 atom stereocenters. The van der Waals surface area contributed by atoms with Gasteiger partial charge in [-0.2, -0.15) is 0 Å². The number of aromatic nitrogens is 2. The Morgan fingerprint density at radius 1 is 1.52 bits per heavy atom. The van der Waals surface area contributed by atoms with Crippen LogP contribution in [0.15, 0.2) is 22.4 Å². The van der Waals surface area contributed by atoms with E-state index in [-0.39, 0.29) is 12.0 Å². The fourth-order valence-corrected chi connectivity index (χ4v) is 2.80. The van der Waals surface area contributed by atoms with Gasteiger partial charge in [0.15, 0.2) is 4.96 Å². The van der Waals surface area contributed by atoms with Crippen LogP contribution in [-0.4, -0.2) is 27.0 Å². The molecule has 0 radical (unpaired) electrons. The zero-order valence-corrected chi connectivity index (χ0v) is 12.7. The van der Waals surface area contributed by atoms with E-state index in [1.807, 2.05) is 12.3 Å². The molecule has 2 heterocycles. The lowest BCUT2D eigenvalue weighted by atomic mass is 10.0. The second-order valence-electron chi connectivity index (χ2n) is 5.14. The van der Waals surface area contributed by atoms with Gasteiger partial charge in [-0.1, -0.05) is 6.92 Å². The summed E-state index contributed by atoms with van der Waals surface area (Å²) in [5, 5.41) is 13.7. The predicted octanol–water partition coefficient (Wildman–Crippen LogP) is 1.74. The highest BCUT2D eigenvalue weighted by Gasteiger charge is 2.06. The van der Waals surface area contributed by atoms with Gasteiger partial charge in [0, 0.05) is 30.6 Å². The monoisotopic (exact) mass is 309 g/mol. The Morgan fingerprint density at radius 2 is 2.33 bits per heavy atom. The minimum atomic E-state index is -0.747. The third-order valence-electron chi connectivity index (χ3n) is 3.33. The maximum absolute atomic E-state index is 11.8. The number of carbonyl (C=O) groups is 1. The molecule has 21 heavy (non-hydrogen) atoms. The van der Waals surface area contributed by atoms with Crippen LogP contribution in [-0.2, 0) is 11.3 Å². The lowest BCUT2D eigenvalue weighted by molar-refractivity contribution is -0.137. The molecule has 2 aromatic heterocycles. The molecule has 2 rings (SSSR count). The Kier molecular flexibility index (Phi) is 5.46. The maximum atomic E-state index is 11.8. The van der Waals surface area contributed by atoms with E-state index in [0.717, 1.165) is 18.7 Å². The van der Waals surface area contributed by atoms with Crippen molar-refractivity contribution in [1.82, 2.24) is 14.7 Å². The van der Waals surface area contributed by atoms with Gasteiger partial charge < -0.3 is 10.4 Å². The Hall–Kier alpha value is -1.73. The van der Waals surface area contributed by atoms with Crippen molar-refractivity contribution in [3.63, 3.8) is 0 Å². The number of rotatable bonds is 8. The van der Waals surface area contributed by atoms with Crippen LogP contribution in [0.2, 0.25) is 0 Å². The normalized spacial score (nSPS) is 12.6. The highest BCUT2D eigenvalue weighted by molar-refractivity contribution is 7.15. The van der Waals surface area contributed by atoms with E-state index >= 15 is 0 Å². The standard InChI is InChI=1S/C14H19N3O3S/c1-10(2-3-13(19)20)4-5-15-9-11-8-12(18)17-6-7-21-14(17)16-11/h6-8,10,15H,2-5,9H2,1H3,(H,19,20). The van der Waals surface area contributed by atoms with Gasteiger partial charge in [0.2, 0.25) is 0 Å². The van der Waals surface area contributed by atoms with E-state index in [1.165, 1.54) is 15.7 Å². The number of thiazole rings is 1. The lowest BCUT2D eigenvalue weighted by Gasteiger charge is -2.10. The summed E-state index contributed by atoms with van der Waals surface area (Å²) in [5.41, 5.74) is 0.675. The zero-order valence-electron chi connectivity index (χ0n) is 11.9. The van der Waals surface area contributed by atoms with Crippen molar-refractivity contribution >= 4 is 22.3 Å². The molecule has 0 aliphatic rings. The molecular formula is C14H19N3O3S. The quantitative estimate of drug-likeness (QED) is 0.726. The summed E-state index contributed by atoms with van der Waals surface area (Å²) in [5.74, 6) is -0.379. The van der Waals surface area contributed by atoms with Crippen LogP contribution in [0, 0.1) is 5.92 Å². The lowest BCUT2D eigenvalue weighted by Crippen LogP contribution is -2.21. The molecule has 0 aromatic carbocycles. The molecule has 2 aromatic rings. The van der Waals surface area contributed by atoms with Crippen molar-refractivity contribution in [1.29, 1.82) is 0 Å². The summed E-state index contributed by atoms with van der Waals surface area (Å²) in [6.45, 7) is 3.38. The summed E-state index contributed by atoms with van der Waals surface area (Å²) in [6, 6.07) is 1.54. The van der Waals surface area contributed by atoms with Crippen molar-refractivity contribution in [2.24, 2.45) is 5.92 Å². The summed E-state index contributed by atoms with van der Waals surface area (Å²) in [6.07, 6.45) is 3.54. The molecule has 2 N–H and O–H groups in total. The number of aliphatic carboxylic acids is 1. The Bertz CT molecular complexity index is 665.